The first kappa shape index (κ1) is 17.3. The lowest BCUT2D eigenvalue weighted by atomic mass is 10.4. The Morgan fingerprint density at radius 3 is 1.56 bits per heavy atom. The van der Waals surface area contributed by atoms with Gasteiger partial charge in [0.15, 0.2) is 0 Å². The maximum absolute atomic E-state index is 10.4. The summed E-state index contributed by atoms with van der Waals surface area (Å²) in [6.07, 6.45) is 1.28. The average Bonchev–Trinajstić information content (AvgIpc) is 2.34. The summed E-state index contributed by atoms with van der Waals surface area (Å²) in [5.74, 6) is -0.352. The van der Waals surface area contributed by atoms with Crippen LogP contribution in [0.25, 0.3) is 0 Å². The summed E-state index contributed by atoms with van der Waals surface area (Å²) >= 11 is 0. The van der Waals surface area contributed by atoms with Gasteiger partial charge in [0, 0.05) is 13.0 Å². The van der Waals surface area contributed by atoms with Gasteiger partial charge in [-0.05, 0) is 6.42 Å². The standard InChI is InChI=1S/C12H25NO5/c1-2-4-15-6-8-17-10-11-18-9-7-16-5-3-12(13)14/h2-11H2,1H3,(H2,13,14). The Labute approximate surface area is 109 Å². The molecule has 108 valence electrons. The number of hydrogen-bond donors (Lipinski definition) is 1. The predicted molar refractivity (Wildman–Crippen MR) is 67.4 cm³/mol. The number of hydrogen-bond acceptors (Lipinski definition) is 5. The summed E-state index contributed by atoms with van der Waals surface area (Å²) < 4.78 is 20.9. The van der Waals surface area contributed by atoms with Crippen LogP contribution in [0, 0.1) is 0 Å². The Bertz CT molecular complexity index is 189. The summed E-state index contributed by atoms with van der Waals surface area (Å²) in [5, 5.41) is 0. The molecule has 2 N–H and O–H groups in total. The van der Waals surface area contributed by atoms with Crippen LogP contribution in [-0.4, -0.2) is 58.8 Å². The molecule has 1 amide bonds. The van der Waals surface area contributed by atoms with Gasteiger partial charge in [0.25, 0.3) is 0 Å². The van der Waals surface area contributed by atoms with Gasteiger partial charge in [-0.3, -0.25) is 4.79 Å². The summed E-state index contributed by atoms with van der Waals surface area (Å²) in [6.45, 7) is 6.47. The molecule has 0 bridgehead atoms. The summed E-state index contributed by atoms with van der Waals surface area (Å²) in [5.41, 5.74) is 4.95. The van der Waals surface area contributed by atoms with Crippen molar-refractivity contribution in [2.75, 3.05) is 52.9 Å². The Morgan fingerprint density at radius 2 is 1.17 bits per heavy atom. The normalized spacial score (nSPS) is 10.7. The molecule has 0 aromatic carbocycles. The second-order valence-corrected chi connectivity index (χ2v) is 3.67. The van der Waals surface area contributed by atoms with Crippen molar-refractivity contribution in [2.24, 2.45) is 5.73 Å². The van der Waals surface area contributed by atoms with Crippen LogP contribution < -0.4 is 5.73 Å². The van der Waals surface area contributed by atoms with Crippen molar-refractivity contribution >= 4 is 5.91 Å². The zero-order valence-electron chi connectivity index (χ0n) is 11.2. The minimum absolute atomic E-state index is 0.251. The molecule has 0 aliphatic rings. The van der Waals surface area contributed by atoms with Crippen LogP contribution >= 0.6 is 0 Å². The fourth-order valence-corrected chi connectivity index (χ4v) is 1.08. The van der Waals surface area contributed by atoms with E-state index in [1.165, 1.54) is 0 Å². The van der Waals surface area contributed by atoms with Crippen molar-refractivity contribution in [3.8, 4) is 0 Å². The van der Waals surface area contributed by atoms with Gasteiger partial charge in [-0.1, -0.05) is 6.92 Å². The number of nitrogens with two attached hydrogens (primary N) is 1. The minimum atomic E-state index is -0.352. The first-order valence-electron chi connectivity index (χ1n) is 6.36. The maximum Gasteiger partial charge on any atom is 0.219 e. The lowest BCUT2D eigenvalue weighted by Crippen LogP contribution is -2.15. The van der Waals surface area contributed by atoms with Gasteiger partial charge in [-0.2, -0.15) is 0 Å². The molecule has 0 saturated heterocycles. The van der Waals surface area contributed by atoms with Gasteiger partial charge in [0.05, 0.1) is 46.2 Å². The Hall–Kier alpha value is -0.690. The van der Waals surface area contributed by atoms with Crippen molar-refractivity contribution < 1.29 is 23.7 Å². The van der Waals surface area contributed by atoms with E-state index >= 15 is 0 Å². The molecule has 0 aliphatic carbocycles. The molecule has 6 nitrogen and oxygen atoms in total. The molecular weight excluding hydrogens is 238 g/mol. The molecule has 6 heteroatoms. The number of primary amides is 1. The largest absolute Gasteiger partial charge is 0.379 e. The van der Waals surface area contributed by atoms with Crippen LogP contribution in [0.15, 0.2) is 0 Å². The van der Waals surface area contributed by atoms with E-state index in [1.807, 2.05) is 0 Å². The Balaban J connectivity index is 2.92. The van der Waals surface area contributed by atoms with Crippen molar-refractivity contribution in [1.82, 2.24) is 0 Å². The Morgan fingerprint density at radius 1 is 0.778 bits per heavy atom. The monoisotopic (exact) mass is 263 g/mol. The highest BCUT2D eigenvalue weighted by Gasteiger charge is 1.94. The van der Waals surface area contributed by atoms with Crippen LogP contribution in [0.5, 0.6) is 0 Å². The lowest BCUT2D eigenvalue weighted by molar-refractivity contribution is -0.119. The first-order chi connectivity index (χ1) is 8.77. The van der Waals surface area contributed by atoms with Crippen LogP contribution in [-0.2, 0) is 23.7 Å². The molecule has 18 heavy (non-hydrogen) atoms. The highest BCUT2D eigenvalue weighted by molar-refractivity contribution is 5.73. The number of carbonyl (C=O) groups excluding carboxylic acids is 1. The topological polar surface area (TPSA) is 80.0 Å². The summed E-state index contributed by atoms with van der Waals surface area (Å²) in [6, 6.07) is 0. The van der Waals surface area contributed by atoms with E-state index in [1.54, 1.807) is 0 Å². The average molecular weight is 263 g/mol. The third kappa shape index (κ3) is 15.3. The zero-order valence-corrected chi connectivity index (χ0v) is 11.2. The SMILES string of the molecule is CCCOCCOCCOCCOCCC(N)=O. The third-order valence-electron chi connectivity index (χ3n) is 1.96. The van der Waals surface area contributed by atoms with E-state index in [0.717, 1.165) is 13.0 Å². The number of amides is 1. The number of rotatable bonds is 14. The van der Waals surface area contributed by atoms with E-state index in [-0.39, 0.29) is 12.3 Å². The quantitative estimate of drug-likeness (QED) is 0.457. The third-order valence-corrected chi connectivity index (χ3v) is 1.96. The van der Waals surface area contributed by atoms with E-state index < -0.39 is 0 Å². The molecule has 0 aromatic heterocycles. The van der Waals surface area contributed by atoms with Gasteiger partial charge in [0.1, 0.15) is 0 Å². The van der Waals surface area contributed by atoms with Crippen LogP contribution in [0.3, 0.4) is 0 Å². The molecule has 0 rings (SSSR count). The molecule has 0 atom stereocenters. The zero-order chi connectivity index (χ0) is 13.5. The van der Waals surface area contributed by atoms with Gasteiger partial charge in [-0.25, -0.2) is 0 Å². The maximum atomic E-state index is 10.4. The fraction of sp³-hybridized carbons (Fsp3) is 0.917. The van der Waals surface area contributed by atoms with E-state index in [4.69, 9.17) is 24.7 Å². The number of ether oxygens (including phenoxy) is 4. The van der Waals surface area contributed by atoms with Crippen LogP contribution in [0.4, 0.5) is 0 Å². The highest BCUT2D eigenvalue weighted by Crippen LogP contribution is 1.85. The molecule has 0 aliphatic heterocycles. The van der Waals surface area contributed by atoms with Gasteiger partial charge in [0.2, 0.25) is 5.91 Å². The Kier molecular flexibility index (Phi) is 13.8. The first-order valence-corrected chi connectivity index (χ1v) is 6.36. The predicted octanol–water partition coefficient (Wildman–Crippen LogP) is 0.338. The molecule has 0 heterocycles. The van der Waals surface area contributed by atoms with Gasteiger partial charge >= 0.3 is 0 Å². The molecule has 0 spiro atoms. The van der Waals surface area contributed by atoms with Crippen molar-refractivity contribution in [3.05, 3.63) is 0 Å². The summed E-state index contributed by atoms with van der Waals surface area (Å²) in [7, 11) is 0. The lowest BCUT2D eigenvalue weighted by Gasteiger charge is -2.06. The smallest absolute Gasteiger partial charge is 0.219 e. The number of carbonyl (C=O) groups is 1. The molecular formula is C12H25NO5. The van der Waals surface area contributed by atoms with Crippen LogP contribution in [0.2, 0.25) is 0 Å². The van der Waals surface area contributed by atoms with Gasteiger partial charge < -0.3 is 24.7 Å². The molecule has 0 saturated carbocycles. The molecule has 0 fully saturated rings. The second-order valence-electron chi connectivity index (χ2n) is 3.67. The van der Waals surface area contributed by atoms with Gasteiger partial charge in [-0.15, -0.1) is 0 Å². The molecule has 0 aromatic rings. The highest BCUT2D eigenvalue weighted by atomic mass is 16.6. The molecule has 0 unspecified atom stereocenters. The van der Waals surface area contributed by atoms with E-state index in [9.17, 15) is 4.79 Å². The minimum Gasteiger partial charge on any atom is -0.379 e. The van der Waals surface area contributed by atoms with E-state index in [0.29, 0.717) is 46.2 Å². The van der Waals surface area contributed by atoms with Crippen molar-refractivity contribution in [1.29, 1.82) is 0 Å². The van der Waals surface area contributed by atoms with Crippen LogP contribution in [0.1, 0.15) is 19.8 Å². The van der Waals surface area contributed by atoms with Crippen molar-refractivity contribution in [3.63, 3.8) is 0 Å². The van der Waals surface area contributed by atoms with Crippen molar-refractivity contribution in [2.45, 2.75) is 19.8 Å². The molecule has 0 radical (unpaired) electrons. The fourth-order valence-electron chi connectivity index (χ4n) is 1.08. The second kappa shape index (κ2) is 14.4. The van der Waals surface area contributed by atoms with E-state index in [2.05, 4.69) is 6.92 Å². The summed E-state index contributed by atoms with van der Waals surface area (Å²) in [4.78, 5) is 10.4.